The van der Waals surface area contributed by atoms with E-state index in [1.807, 2.05) is 0 Å². The minimum Gasteiger partial charge on any atom is -1.00 e. The zero-order chi connectivity index (χ0) is 31.6. The van der Waals surface area contributed by atoms with Crippen LogP contribution >= 0.6 is 0 Å². The molecule has 0 N–H and O–H groups in total. The molecule has 0 spiro atoms. The van der Waals surface area contributed by atoms with E-state index in [1.54, 1.807) is 28.8 Å². The fourth-order valence-electron chi connectivity index (χ4n) is 7.43. The van der Waals surface area contributed by atoms with E-state index in [1.165, 1.54) is 39.0 Å². The minimum absolute atomic E-state index is 0. The molecule has 0 nitrogen and oxygen atoms in total. The van der Waals surface area contributed by atoms with Crippen LogP contribution in [0.2, 0.25) is 0 Å². The topological polar surface area (TPSA) is 0 Å². The van der Waals surface area contributed by atoms with Crippen molar-refractivity contribution in [2.24, 2.45) is 5.92 Å². The molecule has 6 rings (SSSR count). The Morgan fingerprint density at radius 1 is 0.565 bits per heavy atom. The first-order valence-electron chi connectivity index (χ1n) is 16.3. The Bertz CT molecular complexity index is 1740. The first-order valence-corrected chi connectivity index (χ1v) is 20.2. The van der Waals surface area contributed by atoms with Crippen molar-refractivity contribution in [2.45, 2.75) is 83.7 Å². The van der Waals surface area contributed by atoms with Crippen molar-refractivity contribution in [1.29, 1.82) is 0 Å². The van der Waals surface area contributed by atoms with Crippen LogP contribution in [0.15, 0.2) is 117 Å². The van der Waals surface area contributed by atoms with E-state index in [0.29, 0.717) is 9.54 Å². The van der Waals surface area contributed by atoms with Gasteiger partial charge in [0.05, 0.1) is 0 Å². The first-order chi connectivity index (χ1) is 20.8. The van der Waals surface area contributed by atoms with Crippen molar-refractivity contribution in [3.63, 3.8) is 0 Å². The zero-order valence-corrected chi connectivity index (χ0v) is 33.1. The summed E-state index contributed by atoms with van der Waals surface area (Å²) in [6.45, 7) is 23.8. The number of rotatable bonds is 4. The molecule has 3 heteroatoms. The molecule has 238 valence electrons. The molecule has 0 amide bonds. The van der Waals surface area contributed by atoms with Crippen molar-refractivity contribution in [3.8, 4) is 11.1 Å². The van der Waals surface area contributed by atoms with Crippen LogP contribution in [0.4, 0.5) is 0 Å². The number of hydrogen-bond donors (Lipinski definition) is 0. The SMILES string of the molecule is CC1=C(C)C(C)[C]([Zr+2](=[C](c2ccccc2)c2ccccc2)[CH]2c3cc(C(C)(C)C)ccc3-c3ccc(C(C)(C)C)cc32)=C1C.[Cl-].[Cl-]. The van der Waals surface area contributed by atoms with Gasteiger partial charge in [-0.2, -0.15) is 0 Å². The number of allylic oxidation sites excluding steroid dienone is 4. The van der Waals surface area contributed by atoms with Gasteiger partial charge in [-0.3, -0.25) is 0 Å². The molecule has 0 aromatic heterocycles. The van der Waals surface area contributed by atoms with Crippen molar-refractivity contribution >= 4 is 3.21 Å². The van der Waals surface area contributed by atoms with Crippen molar-refractivity contribution < 1.29 is 46.1 Å². The van der Waals surface area contributed by atoms with E-state index in [0.717, 1.165) is 0 Å². The minimum atomic E-state index is -2.86. The first kappa shape index (κ1) is 36.5. The van der Waals surface area contributed by atoms with Crippen LogP contribution < -0.4 is 24.8 Å². The van der Waals surface area contributed by atoms with Crippen molar-refractivity contribution in [1.82, 2.24) is 0 Å². The molecule has 0 heterocycles. The maximum absolute atomic E-state index is 2.86. The molecule has 0 bridgehead atoms. The Morgan fingerprint density at radius 2 is 0.978 bits per heavy atom. The maximum atomic E-state index is 2.60. The van der Waals surface area contributed by atoms with Crippen LogP contribution in [0, 0.1) is 5.92 Å². The summed E-state index contributed by atoms with van der Waals surface area (Å²) in [5.41, 5.74) is 16.5. The van der Waals surface area contributed by atoms with E-state index >= 15 is 0 Å². The molecule has 4 aromatic carbocycles. The number of benzene rings is 4. The Kier molecular flexibility index (Phi) is 10.9. The van der Waals surface area contributed by atoms with Crippen LogP contribution in [-0.4, -0.2) is 3.21 Å². The largest absolute Gasteiger partial charge is 1.00 e. The fourth-order valence-corrected chi connectivity index (χ4v) is 17.7. The summed E-state index contributed by atoms with van der Waals surface area (Å²) in [5.74, 6) is 0.468. The molecule has 0 aliphatic heterocycles. The Hall–Kier alpha value is -2.31. The van der Waals surface area contributed by atoms with Gasteiger partial charge >= 0.3 is 276 Å². The third-order valence-electron chi connectivity index (χ3n) is 10.4. The molecule has 0 fully saturated rings. The normalized spacial score (nSPS) is 15.9. The number of halogens is 2. The number of fused-ring (bicyclic) bond motifs is 3. The van der Waals surface area contributed by atoms with Gasteiger partial charge in [0.15, 0.2) is 0 Å². The quantitative estimate of drug-likeness (QED) is 0.261. The molecule has 4 aromatic rings. The maximum Gasteiger partial charge on any atom is -1.00 e. The van der Waals surface area contributed by atoms with Gasteiger partial charge in [-0.25, -0.2) is 0 Å². The molecule has 0 saturated heterocycles. The summed E-state index contributed by atoms with van der Waals surface area (Å²) in [6, 6.07) is 37.7. The summed E-state index contributed by atoms with van der Waals surface area (Å²) in [4.78, 5) is 0. The molecule has 1 unspecified atom stereocenters. The third-order valence-corrected chi connectivity index (χ3v) is 19.5. The molecule has 1 atom stereocenters. The molecule has 0 saturated carbocycles. The van der Waals surface area contributed by atoms with Gasteiger partial charge in [-0.15, -0.1) is 0 Å². The van der Waals surface area contributed by atoms with Gasteiger partial charge in [0, 0.05) is 0 Å². The standard InChI is InChI=1S/C21H25.C13H10.C9H13.2ClH.Zr/c1-20(2,3)16-7-9-18-14(12-16)11-15-13-17(21(4,5)6)8-10-19(15)18;1-3-7-12(8-4-1)11-13-9-5-2-6-10-13;1-6-5-7(2)9(4)8(6)3;;;/h7-13H,1-6H3;1-10H;6H,1-4H3;2*1H;/q;;;;;+2/p-2. The van der Waals surface area contributed by atoms with Crippen LogP contribution in [-0.2, 0) is 32.1 Å². The monoisotopic (exact) mass is 724 g/mol. The predicted octanol–water partition coefficient (Wildman–Crippen LogP) is 5.51. The summed E-state index contributed by atoms with van der Waals surface area (Å²) >= 11 is -2.86. The second-order valence-corrected chi connectivity index (χ2v) is 21.1. The van der Waals surface area contributed by atoms with E-state index in [9.17, 15) is 0 Å². The van der Waals surface area contributed by atoms with Gasteiger partial charge in [0.25, 0.3) is 0 Å². The second kappa shape index (κ2) is 13.7. The summed E-state index contributed by atoms with van der Waals surface area (Å²) < 4.78 is 3.80. The zero-order valence-electron chi connectivity index (χ0n) is 29.1. The van der Waals surface area contributed by atoms with Crippen LogP contribution in [0.3, 0.4) is 0 Å². The van der Waals surface area contributed by atoms with E-state index in [-0.39, 0.29) is 35.6 Å². The van der Waals surface area contributed by atoms with Crippen LogP contribution in [0.1, 0.15) is 106 Å². The Labute approximate surface area is 298 Å². The van der Waals surface area contributed by atoms with Crippen LogP contribution in [0.25, 0.3) is 11.1 Å². The molecular formula is C43H48Cl2Zr. The Balaban J connectivity index is 0.00000240. The molecule has 46 heavy (non-hydrogen) atoms. The predicted molar refractivity (Wildman–Crippen MR) is 187 cm³/mol. The third kappa shape index (κ3) is 6.42. The van der Waals surface area contributed by atoms with Crippen LogP contribution in [0.5, 0.6) is 0 Å². The molecule has 0 radical (unpaired) electrons. The van der Waals surface area contributed by atoms with Gasteiger partial charge in [-0.1, -0.05) is 0 Å². The van der Waals surface area contributed by atoms with Gasteiger partial charge in [-0.05, 0) is 0 Å². The van der Waals surface area contributed by atoms with Gasteiger partial charge < -0.3 is 24.8 Å². The second-order valence-electron chi connectivity index (χ2n) is 15.1. The average molecular weight is 727 g/mol. The van der Waals surface area contributed by atoms with E-state index in [4.69, 9.17) is 0 Å². The van der Waals surface area contributed by atoms with Gasteiger partial charge in [0.1, 0.15) is 0 Å². The van der Waals surface area contributed by atoms with Crippen molar-refractivity contribution in [2.75, 3.05) is 0 Å². The van der Waals surface area contributed by atoms with Crippen molar-refractivity contribution in [3.05, 3.63) is 150 Å². The molecule has 2 aliphatic rings. The van der Waals surface area contributed by atoms with E-state index in [2.05, 4.69) is 166 Å². The summed E-state index contributed by atoms with van der Waals surface area (Å²) in [5, 5.41) is 0. The number of hydrogen-bond acceptors (Lipinski definition) is 0. The summed E-state index contributed by atoms with van der Waals surface area (Å²) in [7, 11) is 0. The summed E-state index contributed by atoms with van der Waals surface area (Å²) in [6.07, 6.45) is 0. The fraction of sp³-hybridized carbons (Fsp3) is 0.326. The van der Waals surface area contributed by atoms with E-state index < -0.39 is 21.3 Å². The van der Waals surface area contributed by atoms with Gasteiger partial charge in [0.2, 0.25) is 0 Å². The molecular weight excluding hydrogens is 679 g/mol. The Morgan fingerprint density at radius 3 is 1.33 bits per heavy atom. The average Bonchev–Trinajstić information content (AvgIpc) is 3.41. The molecule has 2 aliphatic carbocycles. The smallest absolute Gasteiger partial charge is 1.00 e.